The van der Waals surface area contributed by atoms with E-state index in [0.717, 1.165) is 6.26 Å². The standard InChI is InChI=1S/C31H28Cl2N4O5S/c1-43(40,41)36-27(20-9-3-2-4-10-20)18-37-29(25-15-14-21(32)17-26(25)33)28(23-12-5-6-13-24(23)31(37)39)30(38)35-42-19-22-11-7-8-16-34-22/h2-17,27-29,36H,18-19H2,1H3,(H,35,38). The molecule has 3 unspecified atom stereocenters. The number of aromatic nitrogens is 1. The number of nitrogens with one attached hydrogen (secondary N) is 2. The lowest BCUT2D eigenvalue weighted by atomic mass is 9.79. The van der Waals surface area contributed by atoms with Gasteiger partial charge in [-0.1, -0.05) is 83.9 Å². The number of pyridine rings is 1. The summed E-state index contributed by atoms with van der Waals surface area (Å²) < 4.78 is 27.6. The molecular formula is C31H28Cl2N4O5S. The molecule has 0 fully saturated rings. The van der Waals surface area contributed by atoms with E-state index in [2.05, 4.69) is 15.2 Å². The van der Waals surface area contributed by atoms with Crippen LogP contribution in [0.4, 0.5) is 0 Å². The van der Waals surface area contributed by atoms with Gasteiger partial charge in [-0.05, 0) is 47.0 Å². The van der Waals surface area contributed by atoms with Gasteiger partial charge in [0, 0.05) is 28.4 Å². The van der Waals surface area contributed by atoms with Gasteiger partial charge in [-0.15, -0.1) is 0 Å². The number of fused-ring (bicyclic) bond motifs is 1. The van der Waals surface area contributed by atoms with Gasteiger partial charge in [-0.3, -0.25) is 19.4 Å². The van der Waals surface area contributed by atoms with Gasteiger partial charge >= 0.3 is 0 Å². The van der Waals surface area contributed by atoms with Crippen LogP contribution in [0.15, 0.2) is 97.2 Å². The van der Waals surface area contributed by atoms with E-state index in [1.165, 1.54) is 11.0 Å². The number of hydrogen-bond donors (Lipinski definition) is 2. The molecule has 3 atom stereocenters. The van der Waals surface area contributed by atoms with Crippen LogP contribution in [0.3, 0.4) is 0 Å². The van der Waals surface area contributed by atoms with Crippen LogP contribution in [-0.4, -0.2) is 42.9 Å². The molecular weight excluding hydrogens is 611 g/mol. The second-order valence-electron chi connectivity index (χ2n) is 10.1. The molecule has 43 heavy (non-hydrogen) atoms. The van der Waals surface area contributed by atoms with Crippen molar-refractivity contribution in [1.29, 1.82) is 0 Å². The molecule has 2 N–H and O–H groups in total. The maximum absolute atomic E-state index is 14.2. The first-order valence-electron chi connectivity index (χ1n) is 13.3. The lowest BCUT2D eigenvalue weighted by Crippen LogP contribution is -2.50. The van der Waals surface area contributed by atoms with Gasteiger partial charge in [0.1, 0.15) is 6.61 Å². The lowest BCUT2D eigenvalue weighted by Gasteiger charge is -2.43. The number of carbonyl (C=O) groups excluding carboxylic acids is 2. The molecule has 2 heterocycles. The van der Waals surface area contributed by atoms with Gasteiger partial charge < -0.3 is 4.90 Å². The third-order valence-corrected chi connectivity index (χ3v) is 8.33. The molecule has 9 nitrogen and oxygen atoms in total. The van der Waals surface area contributed by atoms with Crippen LogP contribution in [-0.2, 0) is 26.3 Å². The molecule has 0 saturated heterocycles. The molecule has 0 spiro atoms. The van der Waals surface area contributed by atoms with E-state index in [1.54, 1.807) is 85.1 Å². The molecule has 3 aromatic carbocycles. The highest BCUT2D eigenvalue weighted by atomic mass is 35.5. The summed E-state index contributed by atoms with van der Waals surface area (Å²) in [4.78, 5) is 39.4. The maximum Gasteiger partial charge on any atom is 0.254 e. The Hall–Kier alpha value is -3.80. The van der Waals surface area contributed by atoms with Crippen LogP contribution < -0.4 is 10.2 Å². The molecule has 0 radical (unpaired) electrons. The minimum Gasteiger partial charge on any atom is -0.328 e. The Bertz CT molecular complexity index is 1720. The van der Waals surface area contributed by atoms with Crippen LogP contribution in [0.25, 0.3) is 0 Å². The zero-order chi connectivity index (χ0) is 30.6. The van der Waals surface area contributed by atoms with Crippen LogP contribution in [0.5, 0.6) is 0 Å². The maximum atomic E-state index is 14.2. The van der Waals surface area contributed by atoms with Gasteiger partial charge in [-0.25, -0.2) is 18.6 Å². The Morgan fingerprint density at radius 2 is 1.70 bits per heavy atom. The van der Waals surface area contributed by atoms with Crippen molar-refractivity contribution in [2.45, 2.75) is 24.6 Å². The summed E-state index contributed by atoms with van der Waals surface area (Å²) in [6.45, 7) is -0.0865. The zero-order valence-electron chi connectivity index (χ0n) is 23.0. The highest BCUT2D eigenvalue weighted by Crippen LogP contribution is 2.46. The Kier molecular flexibility index (Phi) is 9.43. The molecule has 1 aliphatic rings. The molecule has 0 aliphatic carbocycles. The highest BCUT2D eigenvalue weighted by Gasteiger charge is 2.46. The minimum absolute atomic E-state index is 0.0182. The van der Waals surface area contributed by atoms with Gasteiger partial charge in [0.25, 0.3) is 11.8 Å². The first kappa shape index (κ1) is 30.7. The number of nitrogens with zero attached hydrogens (tertiary/aromatic N) is 2. The zero-order valence-corrected chi connectivity index (χ0v) is 25.3. The monoisotopic (exact) mass is 638 g/mol. The average molecular weight is 640 g/mol. The number of hydrogen-bond acceptors (Lipinski definition) is 6. The molecule has 12 heteroatoms. The molecule has 4 aromatic rings. The van der Waals surface area contributed by atoms with E-state index in [9.17, 15) is 18.0 Å². The number of amides is 2. The fourth-order valence-electron chi connectivity index (χ4n) is 5.24. The number of rotatable bonds is 10. The second kappa shape index (κ2) is 13.2. The predicted molar refractivity (Wildman–Crippen MR) is 164 cm³/mol. The van der Waals surface area contributed by atoms with Crippen molar-refractivity contribution in [2.75, 3.05) is 12.8 Å². The largest absolute Gasteiger partial charge is 0.328 e. The number of benzene rings is 3. The van der Waals surface area contributed by atoms with Crippen molar-refractivity contribution in [3.05, 3.63) is 135 Å². The van der Waals surface area contributed by atoms with Gasteiger partial charge in [0.15, 0.2) is 0 Å². The van der Waals surface area contributed by atoms with E-state index in [-0.39, 0.29) is 24.1 Å². The van der Waals surface area contributed by atoms with E-state index < -0.39 is 33.9 Å². The van der Waals surface area contributed by atoms with Crippen LogP contribution in [0.1, 0.15) is 50.7 Å². The third kappa shape index (κ3) is 7.23. The summed E-state index contributed by atoms with van der Waals surface area (Å²) in [6, 6.07) is 24.1. The third-order valence-electron chi connectivity index (χ3n) is 7.06. The average Bonchev–Trinajstić information content (AvgIpc) is 2.98. The molecule has 5 rings (SSSR count). The summed E-state index contributed by atoms with van der Waals surface area (Å²) >= 11 is 12.9. The van der Waals surface area contributed by atoms with Gasteiger partial charge in [-0.2, -0.15) is 0 Å². The summed E-state index contributed by atoms with van der Waals surface area (Å²) in [5, 5.41) is 0.623. The van der Waals surface area contributed by atoms with E-state index in [0.29, 0.717) is 33.0 Å². The molecule has 0 saturated carbocycles. The number of halogens is 2. The minimum atomic E-state index is -3.70. The summed E-state index contributed by atoms with van der Waals surface area (Å²) in [6.07, 6.45) is 2.67. The van der Waals surface area contributed by atoms with Crippen molar-refractivity contribution < 1.29 is 22.8 Å². The fourth-order valence-corrected chi connectivity index (χ4v) is 6.49. The van der Waals surface area contributed by atoms with Crippen molar-refractivity contribution in [3.63, 3.8) is 0 Å². The Balaban J connectivity index is 1.59. The Morgan fingerprint density at radius 1 is 0.977 bits per heavy atom. The lowest BCUT2D eigenvalue weighted by molar-refractivity contribution is -0.138. The predicted octanol–water partition coefficient (Wildman–Crippen LogP) is 5.21. The van der Waals surface area contributed by atoms with E-state index in [1.807, 2.05) is 6.07 Å². The summed E-state index contributed by atoms with van der Waals surface area (Å²) in [5.41, 5.74) is 5.03. The number of hydroxylamine groups is 1. The molecule has 1 aromatic heterocycles. The Morgan fingerprint density at radius 3 is 2.40 bits per heavy atom. The summed E-state index contributed by atoms with van der Waals surface area (Å²) in [7, 11) is -3.70. The molecule has 222 valence electrons. The van der Waals surface area contributed by atoms with Crippen molar-refractivity contribution in [1.82, 2.24) is 20.1 Å². The quantitative estimate of drug-likeness (QED) is 0.230. The molecule has 0 bridgehead atoms. The van der Waals surface area contributed by atoms with Gasteiger partial charge in [0.05, 0.1) is 30.0 Å². The fraction of sp³-hybridized carbons (Fsp3) is 0.194. The summed E-state index contributed by atoms with van der Waals surface area (Å²) in [5.74, 6) is -1.89. The Labute approximate surface area is 259 Å². The van der Waals surface area contributed by atoms with Crippen LogP contribution in [0.2, 0.25) is 10.0 Å². The van der Waals surface area contributed by atoms with Crippen molar-refractivity contribution >= 4 is 45.0 Å². The van der Waals surface area contributed by atoms with Crippen molar-refractivity contribution in [2.24, 2.45) is 0 Å². The van der Waals surface area contributed by atoms with Crippen LogP contribution >= 0.6 is 23.2 Å². The van der Waals surface area contributed by atoms with Gasteiger partial charge in [0.2, 0.25) is 10.0 Å². The van der Waals surface area contributed by atoms with E-state index >= 15 is 0 Å². The first-order valence-corrected chi connectivity index (χ1v) is 16.0. The normalized spacial score (nSPS) is 17.3. The topological polar surface area (TPSA) is 118 Å². The van der Waals surface area contributed by atoms with Crippen molar-refractivity contribution in [3.8, 4) is 0 Å². The highest BCUT2D eigenvalue weighted by molar-refractivity contribution is 7.88. The van der Waals surface area contributed by atoms with Crippen LogP contribution in [0, 0.1) is 0 Å². The van der Waals surface area contributed by atoms with E-state index in [4.69, 9.17) is 28.0 Å². The second-order valence-corrected chi connectivity index (χ2v) is 12.7. The smallest absolute Gasteiger partial charge is 0.254 e. The first-order chi connectivity index (χ1) is 20.6. The molecule has 1 aliphatic heterocycles. The molecule has 2 amide bonds. The number of carbonyl (C=O) groups is 2. The number of sulfonamides is 1. The SMILES string of the molecule is CS(=O)(=O)NC(CN1C(=O)c2ccccc2C(C(=O)NOCc2ccccn2)C1c1ccc(Cl)cc1Cl)c1ccccc1.